The SMILES string of the molecule is COc1ccc2nc(C(C)Cl)n(Cc3cc(Br)cs3)c2n1. The number of halogens is 2. The summed E-state index contributed by atoms with van der Waals surface area (Å²) in [5.41, 5.74) is 1.62. The van der Waals surface area contributed by atoms with Gasteiger partial charge in [0.05, 0.1) is 19.0 Å². The molecular formula is C14H13BrClN3OS. The number of nitrogens with zero attached hydrogens (tertiary/aromatic N) is 3. The molecule has 110 valence electrons. The second-order valence-electron chi connectivity index (χ2n) is 4.60. The van der Waals surface area contributed by atoms with Gasteiger partial charge in [0.2, 0.25) is 5.88 Å². The van der Waals surface area contributed by atoms with Crippen LogP contribution in [0.15, 0.2) is 28.1 Å². The Bertz CT molecular complexity index is 784. The molecule has 0 aliphatic heterocycles. The number of rotatable bonds is 4. The van der Waals surface area contributed by atoms with Crippen LogP contribution in [0.1, 0.15) is 23.0 Å². The highest BCUT2D eigenvalue weighted by molar-refractivity contribution is 9.10. The molecule has 0 spiro atoms. The fraction of sp³-hybridized carbons (Fsp3) is 0.286. The number of imidazole rings is 1. The van der Waals surface area contributed by atoms with Crippen LogP contribution >= 0.6 is 38.9 Å². The molecule has 0 radical (unpaired) electrons. The van der Waals surface area contributed by atoms with E-state index >= 15 is 0 Å². The second kappa shape index (κ2) is 5.94. The van der Waals surface area contributed by atoms with Gasteiger partial charge in [-0.1, -0.05) is 0 Å². The Morgan fingerprint density at radius 1 is 1.43 bits per heavy atom. The summed E-state index contributed by atoms with van der Waals surface area (Å²) in [5, 5.41) is 1.88. The lowest BCUT2D eigenvalue weighted by atomic mass is 10.4. The first-order valence-corrected chi connectivity index (χ1v) is 8.47. The topological polar surface area (TPSA) is 39.9 Å². The van der Waals surface area contributed by atoms with Gasteiger partial charge in [0.15, 0.2) is 5.65 Å². The normalized spacial score (nSPS) is 12.8. The van der Waals surface area contributed by atoms with Crippen molar-refractivity contribution in [3.8, 4) is 5.88 Å². The first-order valence-electron chi connectivity index (χ1n) is 6.36. The van der Waals surface area contributed by atoms with Gasteiger partial charge >= 0.3 is 0 Å². The molecule has 0 fully saturated rings. The third-order valence-electron chi connectivity index (χ3n) is 3.10. The van der Waals surface area contributed by atoms with Crippen LogP contribution in [0.4, 0.5) is 0 Å². The molecule has 3 heterocycles. The van der Waals surface area contributed by atoms with Gasteiger partial charge in [-0.15, -0.1) is 22.9 Å². The summed E-state index contributed by atoms with van der Waals surface area (Å²) in [6, 6.07) is 5.81. The Morgan fingerprint density at radius 3 is 2.86 bits per heavy atom. The van der Waals surface area contributed by atoms with Crippen LogP contribution in [0.3, 0.4) is 0 Å². The summed E-state index contributed by atoms with van der Waals surface area (Å²) in [7, 11) is 1.61. The van der Waals surface area contributed by atoms with Gasteiger partial charge in [0, 0.05) is 20.8 Å². The molecule has 0 bridgehead atoms. The second-order valence-corrected chi connectivity index (χ2v) is 7.17. The van der Waals surface area contributed by atoms with E-state index in [1.165, 1.54) is 4.88 Å². The molecule has 21 heavy (non-hydrogen) atoms. The van der Waals surface area contributed by atoms with Crippen molar-refractivity contribution in [2.24, 2.45) is 0 Å². The van der Waals surface area contributed by atoms with Crippen LogP contribution in [-0.2, 0) is 6.54 Å². The number of thiophene rings is 1. The van der Waals surface area contributed by atoms with Gasteiger partial charge < -0.3 is 9.30 Å². The van der Waals surface area contributed by atoms with E-state index in [2.05, 4.69) is 37.3 Å². The molecule has 0 saturated heterocycles. The largest absolute Gasteiger partial charge is 0.481 e. The first-order chi connectivity index (χ1) is 10.1. The van der Waals surface area contributed by atoms with Crippen molar-refractivity contribution in [3.63, 3.8) is 0 Å². The molecule has 3 aromatic heterocycles. The highest BCUT2D eigenvalue weighted by atomic mass is 79.9. The summed E-state index contributed by atoms with van der Waals surface area (Å²) in [6.07, 6.45) is 0. The van der Waals surface area contributed by atoms with Crippen molar-refractivity contribution in [2.75, 3.05) is 7.11 Å². The van der Waals surface area contributed by atoms with Crippen LogP contribution in [0, 0.1) is 0 Å². The summed E-state index contributed by atoms with van der Waals surface area (Å²) in [5.74, 6) is 1.39. The standard InChI is InChI=1S/C14H13BrClN3OS/c1-8(16)13-17-11-3-4-12(20-2)18-14(11)19(13)6-10-5-9(15)7-21-10/h3-5,7-8H,6H2,1-2H3. The average Bonchev–Trinajstić information content (AvgIpc) is 3.03. The molecule has 4 nitrogen and oxygen atoms in total. The molecule has 0 aromatic carbocycles. The van der Waals surface area contributed by atoms with Gasteiger partial charge in [-0.3, -0.25) is 0 Å². The first kappa shape index (κ1) is 14.8. The highest BCUT2D eigenvalue weighted by Gasteiger charge is 2.17. The van der Waals surface area contributed by atoms with Gasteiger partial charge in [-0.25, -0.2) is 4.98 Å². The maximum atomic E-state index is 6.28. The number of methoxy groups -OCH3 is 1. The van der Waals surface area contributed by atoms with E-state index in [1.807, 2.05) is 23.6 Å². The summed E-state index contributed by atoms with van der Waals surface area (Å²) < 4.78 is 8.34. The highest BCUT2D eigenvalue weighted by Crippen LogP contribution is 2.28. The minimum absolute atomic E-state index is 0.186. The van der Waals surface area contributed by atoms with Crippen LogP contribution in [-0.4, -0.2) is 21.6 Å². The molecule has 0 aliphatic rings. The van der Waals surface area contributed by atoms with E-state index in [1.54, 1.807) is 18.4 Å². The molecule has 3 rings (SSSR count). The van der Waals surface area contributed by atoms with E-state index in [0.29, 0.717) is 12.4 Å². The molecule has 0 N–H and O–H groups in total. The smallest absolute Gasteiger partial charge is 0.215 e. The van der Waals surface area contributed by atoms with Crippen molar-refractivity contribution in [3.05, 3.63) is 38.8 Å². The molecule has 3 aromatic rings. The van der Waals surface area contributed by atoms with Gasteiger partial charge in [-0.2, -0.15) is 4.98 Å². The Morgan fingerprint density at radius 2 is 2.24 bits per heavy atom. The predicted molar refractivity (Wildman–Crippen MR) is 89.5 cm³/mol. The van der Waals surface area contributed by atoms with Gasteiger partial charge in [0.1, 0.15) is 11.3 Å². The zero-order valence-corrected chi connectivity index (χ0v) is 14.7. The zero-order valence-electron chi connectivity index (χ0n) is 11.5. The lowest BCUT2D eigenvalue weighted by Crippen LogP contribution is -2.05. The van der Waals surface area contributed by atoms with E-state index in [9.17, 15) is 0 Å². The van der Waals surface area contributed by atoms with Crippen molar-refractivity contribution < 1.29 is 4.74 Å². The maximum absolute atomic E-state index is 6.28. The number of hydrogen-bond acceptors (Lipinski definition) is 4. The van der Waals surface area contributed by atoms with Crippen LogP contribution < -0.4 is 4.74 Å². The average molecular weight is 387 g/mol. The predicted octanol–water partition coefficient (Wildman–Crippen LogP) is 4.61. The third-order valence-corrected chi connectivity index (χ3v) is 4.97. The molecular weight excluding hydrogens is 374 g/mol. The summed E-state index contributed by atoms with van der Waals surface area (Å²) in [4.78, 5) is 10.3. The number of pyridine rings is 1. The van der Waals surface area contributed by atoms with Crippen LogP contribution in [0.2, 0.25) is 0 Å². The Kier molecular flexibility index (Phi) is 4.19. The number of aromatic nitrogens is 3. The number of hydrogen-bond donors (Lipinski definition) is 0. The molecule has 0 saturated carbocycles. The minimum Gasteiger partial charge on any atom is -0.481 e. The lowest BCUT2D eigenvalue weighted by Gasteiger charge is -2.09. The van der Waals surface area contributed by atoms with Crippen LogP contribution in [0.5, 0.6) is 5.88 Å². The monoisotopic (exact) mass is 385 g/mol. The number of fused-ring (bicyclic) bond motifs is 1. The molecule has 1 atom stereocenters. The Balaban J connectivity index is 2.14. The quantitative estimate of drug-likeness (QED) is 0.615. The number of alkyl halides is 1. The van der Waals surface area contributed by atoms with Gasteiger partial charge in [0.25, 0.3) is 0 Å². The Labute approximate surface area is 139 Å². The van der Waals surface area contributed by atoms with Crippen LogP contribution in [0.25, 0.3) is 11.2 Å². The zero-order chi connectivity index (χ0) is 15.0. The molecule has 1 unspecified atom stereocenters. The van der Waals surface area contributed by atoms with Crippen molar-refractivity contribution in [2.45, 2.75) is 18.8 Å². The molecule has 0 amide bonds. The van der Waals surface area contributed by atoms with E-state index in [-0.39, 0.29) is 5.38 Å². The fourth-order valence-corrected chi connectivity index (χ4v) is 3.77. The molecule has 0 aliphatic carbocycles. The third kappa shape index (κ3) is 2.93. The molecule has 7 heteroatoms. The maximum Gasteiger partial charge on any atom is 0.215 e. The summed E-state index contributed by atoms with van der Waals surface area (Å²) >= 11 is 11.4. The van der Waals surface area contributed by atoms with E-state index in [0.717, 1.165) is 21.5 Å². The van der Waals surface area contributed by atoms with Crippen molar-refractivity contribution in [1.82, 2.24) is 14.5 Å². The number of ether oxygens (including phenoxy) is 1. The van der Waals surface area contributed by atoms with Crippen molar-refractivity contribution in [1.29, 1.82) is 0 Å². The van der Waals surface area contributed by atoms with Gasteiger partial charge in [-0.05, 0) is 35.0 Å². The Hall–Kier alpha value is -1.11. The van der Waals surface area contributed by atoms with E-state index in [4.69, 9.17) is 16.3 Å². The summed E-state index contributed by atoms with van der Waals surface area (Å²) in [6.45, 7) is 2.61. The fourth-order valence-electron chi connectivity index (χ4n) is 2.17. The van der Waals surface area contributed by atoms with Crippen molar-refractivity contribution >= 4 is 50.0 Å². The van der Waals surface area contributed by atoms with E-state index < -0.39 is 0 Å². The lowest BCUT2D eigenvalue weighted by molar-refractivity contribution is 0.399. The minimum atomic E-state index is -0.186.